The summed E-state index contributed by atoms with van der Waals surface area (Å²) >= 11 is 0. The zero-order valence-corrected chi connectivity index (χ0v) is 8.36. The Kier molecular flexibility index (Phi) is 2.33. The molecule has 0 unspecified atom stereocenters. The van der Waals surface area contributed by atoms with E-state index in [-0.39, 0.29) is 6.10 Å². The van der Waals surface area contributed by atoms with Gasteiger partial charge >= 0.3 is 0 Å². The second-order valence-corrected chi connectivity index (χ2v) is 4.22. The minimum Gasteiger partial charge on any atom is -0.393 e. The third-order valence-corrected chi connectivity index (χ3v) is 2.97. The van der Waals surface area contributed by atoms with E-state index in [9.17, 15) is 5.11 Å². The molecule has 14 heavy (non-hydrogen) atoms. The minimum absolute atomic E-state index is 0.198. The molecule has 0 aromatic carbocycles. The first kappa shape index (κ1) is 9.68. The van der Waals surface area contributed by atoms with Crippen LogP contribution >= 0.6 is 0 Å². The Morgan fingerprint density at radius 3 is 2.71 bits per heavy atom. The van der Waals surface area contributed by atoms with Crippen molar-refractivity contribution in [2.75, 3.05) is 0 Å². The van der Waals surface area contributed by atoms with E-state index in [2.05, 4.69) is 5.16 Å². The van der Waals surface area contributed by atoms with Crippen LogP contribution in [-0.4, -0.2) is 16.4 Å². The minimum atomic E-state index is -0.416. The van der Waals surface area contributed by atoms with Gasteiger partial charge in [-0.05, 0) is 32.6 Å². The lowest BCUT2D eigenvalue weighted by Crippen LogP contribution is -2.41. The van der Waals surface area contributed by atoms with Gasteiger partial charge in [-0.25, -0.2) is 0 Å². The molecule has 0 bridgehead atoms. The fourth-order valence-corrected chi connectivity index (χ4v) is 1.96. The van der Waals surface area contributed by atoms with Crippen LogP contribution in [0.5, 0.6) is 0 Å². The summed E-state index contributed by atoms with van der Waals surface area (Å²) in [6, 6.07) is 1.89. The Morgan fingerprint density at radius 1 is 1.57 bits per heavy atom. The molecule has 0 aliphatic heterocycles. The standard InChI is InChI=1S/C10H16N2O2/c1-7-6-9(14-12-7)10(11)4-2-8(13)3-5-10/h6,8,13H,2-5,11H2,1H3. The molecular weight excluding hydrogens is 180 g/mol. The number of aromatic nitrogens is 1. The Bertz CT molecular complexity index is 314. The van der Waals surface area contributed by atoms with Gasteiger partial charge in [-0.1, -0.05) is 5.16 Å². The van der Waals surface area contributed by atoms with Crippen molar-refractivity contribution in [1.29, 1.82) is 0 Å². The number of hydrogen-bond acceptors (Lipinski definition) is 4. The van der Waals surface area contributed by atoms with Gasteiger partial charge in [0.1, 0.15) is 0 Å². The molecule has 1 aromatic heterocycles. The number of aryl methyl sites for hydroxylation is 1. The van der Waals surface area contributed by atoms with Gasteiger partial charge in [-0.2, -0.15) is 0 Å². The molecule has 1 aliphatic rings. The summed E-state index contributed by atoms with van der Waals surface area (Å²) < 4.78 is 5.19. The van der Waals surface area contributed by atoms with E-state index in [0.29, 0.717) is 0 Å². The number of hydrogen-bond donors (Lipinski definition) is 2. The van der Waals surface area contributed by atoms with Crippen molar-refractivity contribution in [2.24, 2.45) is 5.73 Å². The zero-order chi connectivity index (χ0) is 10.2. The Hall–Kier alpha value is -0.870. The summed E-state index contributed by atoms with van der Waals surface area (Å²) in [6.07, 6.45) is 2.83. The fraction of sp³-hybridized carbons (Fsp3) is 0.700. The zero-order valence-electron chi connectivity index (χ0n) is 8.36. The van der Waals surface area contributed by atoms with E-state index < -0.39 is 5.54 Å². The van der Waals surface area contributed by atoms with Crippen molar-refractivity contribution < 1.29 is 9.63 Å². The highest BCUT2D eigenvalue weighted by atomic mass is 16.5. The molecule has 0 radical (unpaired) electrons. The highest BCUT2D eigenvalue weighted by molar-refractivity contribution is 5.14. The summed E-state index contributed by atoms with van der Waals surface area (Å²) in [5.74, 6) is 0.752. The lowest BCUT2D eigenvalue weighted by atomic mass is 9.79. The molecule has 1 heterocycles. The first-order chi connectivity index (χ1) is 6.60. The summed E-state index contributed by atoms with van der Waals surface area (Å²) in [5.41, 5.74) is 6.65. The van der Waals surface area contributed by atoms with Crippen molar-refractivity contribution in [3.05, 3.63) is 17.5 Å². The van der Waals surface area contributed by atoms with E-state index in [0.717, 1.165) is 37.1 Å². The second kappa shape index (κ2) is 3.37. The van der Waals surface area contributed by atoms with Crippen molar-refractivity contribution in [3.63, 3.8) is 0 Å². The maximum atomic E-state index is 9.39. The van der Waals surface area contributed by atoms with Gasteiger partial charge in [-0.15, -0.1) is 0 Å². The molecular formula is C10H16N2O2. The predicted octanol–water partition coefficient (Wildman–Crippen LogP) is 1.07. The molecule has 1 fully saturated rings. The predicted molar refractivity (Wildman–Crippen MR) is 51.6 cm³/mol. The molecule has 1 saturated carbocycles. The molecule has 1 aliphatic carbocycles. The molecule has 78 valence electrons. The van der Waals surface area contributed by atoms with Gasteiger partial charge in [0.15, 0.2) is 5.76 Å². The van der Waals surface area contributed by atoms with Gasteiger partial charge in [0.25, 0.3) is 0 Å². The van der Waals surface area contributed by atoms with Gasteiger partial charge in [0, 0.05) is 6.07 Å². The van der Waals surface area contributed by atoms with Crippen LogP contribution in [0.3, 0.4) is 0 Å². The van der Waals surface area contributed by atoms with Crippen LogP contribution in [0.15, 0.2) is 10.6 Å². The van der Waals surface area contributed by atoms with E-state index in [1.807, 2.05) is 13.0 Å². The van der Waals surface area contributed by atoms with Crippen molar-refractivity contribution in [2.45, 2.75) is 44.2 Å². The Morgan fingerprint density at radius 2 is 2.21 bits per heavy atom. The quantitative estimate of drug-likeness (QED) is 0.704. The molecule has 4 nitrogen and oxygen atoms in total. The SMILES string of the molecule is Cc1cc(C2(N)CCC(O)CC2)on1. The van der Waals surface area contributed by atoms with E-state index in [1.165, 1.54) is 0 Å². The van der Waals surface area contributed by atoms with Gasteiger partial charge in [0.2, 0.25) is 0 Å². The van der Waals surface area contributed by atoms with Gasteiger partial charge < -0.3 is 15.4 Å². The molecule has 0 saturated heterocycles. The largest absolute Gasteiger partial charge is 0.393 e. The third kappa shape index (κ3) is 1.67. The fourth-order valence-electron chi connectivity index (χ4n) is 1.96. The molecule has 1 aromatic rings. The lowest BCUT2D eigenvalue weighted by Gasteiger charge is -2.33. The first-order valence-electron chi connectivity index (χ1n) is 5.01. The summed E-state index contributed by atoms with van der Waals surface area (Å²) in [4.78, 5) is 0. The molecule has 3 N–H and O–H groups in total. The first-order valence-corrected chi connectivity index (χ1v) is 5.01. The molecule has 0 amide bonds. The van der Waals surface area contributed by atoms with Crippen LogP contribution in [0.4, 0.5) is 0 Å². The van der Waals surface area contributed by atoms with E-state index in [1.54, 1.807) is 0 Å². The summed E-state index contributed by atoms with van der Waals surface area (Å²) in [6.45, 7) is 1.88. The Balaban J connectivity index is 2.16. The third-order valence-electron chi connectivity index (χ3n) is 2.97. The van der Waals surface area contributed by atoms with E-state index >= 15 is 0 Å². The van der Waals surface area contributed by atoms with Crippen molar-refractivity contribution in [3.8, 4) is 0 Å². The maximum Gasteiger partial charge on any atom is 0.156 e. The highest BCUT2D eigenvalue weighted by Crippen LogP contribution is 2.34. The lowest BCUT2D eigenvalue weighted by molar-refractivity contribution is 0.0867. The average molecular weight is 196 g/mol. The molecule has 2 rings (SSSR count). The van der Waals surface area contributed by atoms with Crippen LogP contribution in [0.1, 0.15) is 37.1 Å². The summed E-state index contributed by atoms with van der Waals surface area (Å²) in [5, 5.41) is 13.2. The van der Waals surface area contributed by atoms with Crippen molar-refractivity contribution >= 4 is 0 Å². The van der Waals surface area contributed by atoms with Crippen LogP contribution in [0, 0.1) is 6.92 Å². The molecule has 0 atom stereocenters. The average Bonchev–Trinajstić information content (AvgIpc) is 2.58. The number of rotatable bonds is 1. The number of nitrogens with two attached hydrogens (primary N) is 1. The van der Waals surface area contributed by atoms with Crippen LogP contribution in [0.25, 0.3) is 0 Å². The van der Waals surface area contributed by atoms with Crippen LogP contribution in [-0.2, 0) is 5.54 Å². The number of nitrogens with zero attached hydrogens (tertiary/aromatic N) is 1. The van der Waals surface area contributed by atoms with Crippen LogP contribution < -0.4 is 5.73 Å². The monoisotopic (exact) mass is 196 g/mol. The summed E-state index contributed by atoms with van der Waals surface area (Å²) in [7, 11) is 0. The van der Waals surface area contributed by atoms with Gasteiger partial charge in [-0.3, -0.25) is 0 Å². The smallest absolute Gasteiger partial charge is 0.156 e. The second-order valence-electron chi connectivity index (χ2n) is 4.22. The maximum absolute atomic E-state index is 9.39. The Labute approximate surface area is 83.1 Å². The normalized spacial score (nSPS) is 33.2. The number of aliphatic hydroxyl groups is 1. The topological polar surface area (TPSA) is 72.3 Å². The van der Waals surface area contributed by atoms with Crippen LogP contribution in [0.2, 0.25) is 0 Å². The van der Waals surface area contributed by atoms with Gasteiger partial charge in [0.05, 0.1) is 17.3 Å². The molecule has 0 spiro atoms. The van der Waals surface area contributed by atoms with E-state index in [4.69, 9.17) is 10.3 Å². The van der Waals surface area contributed by atoms with Crippen molar-refractivity contribution in [1.82, 2.24) is 5.16 Å². The highest BCUT2D eigenvalue weighted by Gasteiger charge is 2.35. The number of aliphatic hydroxyl groups excluding tert-OH is 1. The molecule has 4 heteroatoms.